The second-order valence-corrected chi connectivity index (χ2v) is 2.88. The van der Waals surface area contributed by atoms with Crippen LogP contribution in [0.5, 0.6) is 0 Å². The molecule has 0 aromatic rings. The van der Waals surface area contributed by atoms with Crippen molar-refractivity contribution in [3.63, 3.8) is 0 Å². The van der Waals surface area contributed by atoms with E-state index in [2.05, 4.69) is 0 Å². The molecule has 0 aromatic carbocycles. The van der Waals surface area contributed by atoms with Crippen LogP contribution >= 0.6 is 0 Å². The van der Waals surface area contributed by atoms with Gasteiger partial charge in [-0.1, -0.05) is 6.58 Å². The molecule has 0 aromatic heterocycles. The first-order chi connectivity index (χ1) is 8.59. The van der Waals surface area contributed by atoms with Crippen molar-refractivity contribution in [2.75, 3.05) is 0 Å². The maximum atomic E-state index is 11.5. The van der Waals surface area contributed by atoms with Crippen molar-refractivity contribution in [2.45, 2.75) is 24.4 Å². The molecule has 0 nitrogen and oxygen atoms in total. The molecule has 1 atom stereocenters. The molecule has 20 heavy (non-hydrogen) atoms. The summed E-state index contributed by atoms with van der Waals surface area (Å²) in [7, 11) is 0. The van der Waals surface area contributed by atoms with Crippen LogP contribution in [0.2, 0.25) is 0 Å². The fraction of sp³-hybridized carbons (Fsp3) is 0.500. The molecule has 0 aliphatic rings. The second kappa shape index (κ2) is 6.88. The van der Waals surface area contributed by atoms with Crippen LogP contribution in [0.25, 0.3) is 0 Å². The van der Waals surface area contributed by atoms with Crippen molar-refractivity contribution in [3.05, 3.63) is 24.6 Å². The van der Waals surface area contributed by atoms with Gasteiger partial charge in [-0.3, -0.25) is 0 Å². The van der Waals surface area contributed by atoms with E-state index in [0.29, 0.717) is 0 Å². The molecule has 0 bridgehead atoms. The van der Waals surface area contributed by atoms with Crippen molar-refractivity contribution in [3.8, 4) is 0 Å². The Hall–Kier alpha value is -1.36. The summed E-state index contributed by atoms with van der Waals surface area (Å²) in [6.45, 7) is 1.86. The highest BCUT2D eigenvalue weighted by atomic mass is 19.4. The van der Waals surface area contributed by atoms with E-state index >= 15 is 0 Å². The summed E-state index contributed by atoms with van der Waals surface area (Å²) >= 11 is 0. The van der Waals surface area contributed by atoms with Gasteiger partial charge in [0.05, 0.1) is 0 Å². The van der Waals surface area contributed by atoms with E-state index in [0.717, 1.165) is 0 Å². The van der Waals surface area contributed by atoms with Gasteiger partial charge in [0.15, 0.2) is 11.7 Å². The molecule has 0 rings (SSSR count). The Morgan fingerprint density at radius 3 is 1.30 bits per heavy atom. The molecular weight excluding hydrogens is 324 g/mol. The maximum absolute atomic E-state index is 11.5. The summed E-state index contributed by atoms with van der Waals surface area (Å²) in [4.78, 5) is 0. The minimum absolute atomic E-state index is 1.06. The SMILES string of the molecule is C=C(F)C(F)(F)C(F)(F)F.F/C=C(/F)C(F)C(F)(F)F. The molecular formula is C8H4F12. The Bertz CT molecular complexity index is 345. The molecule has 1 unspecified atom stereocenters. The minimum atomic E-state index is -5.89. The maximum Gasteiger partial charge on any atom is 0.460 e. The zero-order chi connectivity index (χ0) is 16.9. The molecule has 0 spiro atoms. The fourth-order valence-corrected chi connectivity index (χ4v) is 0.365. The highest BCUT2D eigenvalue weighted by Gasteiger charge is 2.60. The Morgan fingerprint density at radius 2 is 1.25 bits per heavy atom. The normalized spacial score (nSPS) is 15.3. The van der Waals surface area contributed by atoms with Crippen molar-refractivity contribution < 1.29 is 52.7 Å². The number of alkyl halides is 9. The van der Waals surface area contributed by atoms with Crippen molar-refractivity contribution in [1.82, 2.24) is 0 Å². The number of rotatable bonds is 2. The van der Waals surface area contributed by atoms with Gasteiger partial charge in [0.2, 0.25) is 6.17 Å². The number of hydrogen-bond acceptors (Lipinski definition) is 0. The Kier molecular flexibility index (Phi) is 7.21. The van der Waals surface area contributed by atoms with Crippen LogP contribution in [0, 0.1) is 0 Å². The van der Waals surface area contributed by atoms with Crippen LogP contribution < -0.4 is 0 Å². The van der Waals surface area contributed by atoms with Gasteiger partial charge in [0.25, 0.3) is 0 Å². The largest absolute Gasteiger partial charge is 0.460 e. The molecule has 0 aliphatic carbocycles. The first kappa shape index (κ1) is 20.9. The second-order valence-electron chi connectivity index (χ2n) is 2.88. The van der Waals surface area contributed by atoms with Crippen LogP contribution in [0.4, 0.5) is 52.7 Å². The summed E-state index contributed by atoms with van der Waals surface area (Å²) in [5, 5.41) is 0. The van der Waals surface area contributed by atoms with Crippen LogP contribution in [0.1, 0.15) is 0 Å². The van der Waals surface area contributed by atoms with Gasteiger partial charge in [-0.05, 0) is 0 Å². The van der Waals surface area contributed by atoms with Gasteiger partial charge in [0, 0.05) is 0 Å². The standard InChI is InChI=1S/2C4H2F6/c1-2(5)3(6,7)4(8,9)10;5-1-2(6)3(7)4(8,9)10/h1H2;1,3H/b;2-1+. The van der Waals surface area contributed by atoms with Crippen molar-refractivity contribution >= 4 is 0 Å². The first-order valence-corrected chi connectivity index (χ1v) is 4.05. The predicted octanol–water partition coefficient (Wildman–Crippen LogP) is 5.33. The van der Waals surface area contributed by atoms with Gasteiger partial charge in [0.1, 0.15) is 6.33 Å². The molecule has 0 saturated heterocycles. The Balaban J connectivity index is 0. The Morgan fingerprint density at radius 1 is 0.900 bits per heavy atom. The molecule has 0 N–H and O–H groups in total. The van der Waals surface area contributed by atoms with E-state index < -0.39 is 42.4 Å². The zero-order valence-corrected chi connectivity index (χ0v) is 8.90. The third-order valence-electron chi connectivity index (χ3n) is 1.33. The molecule has 0 heterocycles. The van der Waals surface area contributed by atoms with Gasteiger partial charge in [-0.15, -0.1) is 0 Å². The van der Waals surface area contributed by atoms with E-state index in [4.69, 9.17) is 0 Å². The van der Waals surface area contributed by atoms with Crippen molar-refractivity contribution in [1.29, 1.82) is 0 Å². The Labute approximate surface area is 103 Å². The van der Waals surface area contributed by atoms with Crippen LogP contribution in [-0.2, 0) is 0 Å². The van der Waals surface area contributed by atoms with Crippen LogP contribution in [-0.4, -0.2) is 24.4 Å². The molecule has 12 heteroatoms. The third kappa shape index (κ3) is 6.19. The predicted molar refractivity (Wildman–Crippen MR) is 42.5 cm³/mol. The topological polar surface area (TPSA) is 0 Å². The minimum Gasteiger partial charge on any atom is -0.229 e. The quantitative estimate of drug-likeness (QED) is 0.601. The average molecular weight is 328 g/mol. The summed E-state index contributed by atoms with van der Waals surface area (Å²) in [6.07, 6.45) is -16.2. The number of allylic oxidation sites excluding steroid dienone is 2. The monoisotopic (exact) mass is 328 g/mol. The lowest BCUT2D eigenvalue weighted by atomic mass is 10.3. The molecule has 0 aliphatic heterocycles. The first-order valence-electron chi connectivity index (χ1n) is 4.05. The number of halogens is 12. The molecule has 0 fully saturated rings. The van der Waals surface area contributed by atoms with E-state index in [-0.39, 0.29) is 0 Å². The van der Waals surface area contributed by atoms with E-state index in [1.165, 1.54) is 0 Å². The van der Waals surface area contributed by atoms with Crippen LogP contribution in [0.15, 0.2) is 24.6 Å². The summed E-state index contributed by atoms with van der Waals surface area (Å²) in [6, 6.07) is 0. The number of hydrogen-bond donors (Lipinski definition) is 0. The summed E-state index contributed by atoms with van der Waals surface area (Å²) in [5.41, 5.74) is 0. The highest BCUT2D eigenvalue weighted by molar-refractivity contribution is 5.01. The summed E-state index contributed by atoms with van der Waals surface area (Å²) < 4.78 is 134. The van der Waals surface area contributed by atoms with Gasteiger partial charge < -0.3 is 0 Å². The molecule has 120 valence electrons. The molecule has 0 saturated carbocycles. The van der Waals surface area contributed by atoms with Crippen LogP contribution in [0.3, 0.4) is 0 Å². The van der Waals surface area contributed by atoms with E-state index in [1.54, 1.807) is 0 Å². The average Bonchev–Trinajstić information content (AvgIpc) is 2.24. The zero-order valence-electron chi connectivity index (χ0n) is 8.90. The van der Waals surface area contributed by atoms with Gasteiger partial charge in [-0.2, -0.15) is 35.1 Å². The van der Waals surface area contributed by atoms with Gasteiger partial charge >= 0.3 is 18.3 Å². The highest BCUT2D eigenvalue weighted by Crippen LogP contribution is 2.40. The molecule has 0 amide bonds. The lowest BCUT2D eigenvalue weighted by Gasteiger charge is -2.16. The fourth-order valence-electron chi connectivity index (χ4n) is 0.365. The van der Waals surface area contributed by atoms with E-state index in [9.17, 15) is 52.7 Å². The summed E-state index contributed by atoms with van der Waals surface area (Å²) in [5.74, 6) is -10.6. The van der Waals surface area contributed by atoms with E-state index in [1.807, 2.05) is 6.58 Å². The smallest absolute Gasteiger partial charge is 0.229 e. The lowest BCUT2D eigenvalue weighted by Crippen LogP contribution is -2.36. The lowest BCUT2D eigenvalue weighted by molar-refractivity contribution is -0.270. The van der Waals surface area contributed by atoms with Gasteiger partial charge in [-0.25, -0.2) is 17.6 Å². The third-order valence-corrected chi connectivity index (χ3v) is 1.33. The molecule has 0 radical (unpaired) electrons. The van der Waals surface area contributed by atoms with Crippen molar-refractivity contribution in [2.24, 2.45) is 0 Å².